The Morgan fingerprint density at radius 1 is 1.33 bits per heavy atom. The van der Waals surface area contributed by atoms with Crippen molar-refractivity contribution in [1.82, 2.24) is 0 Å². The Balaban J connectivity index is 0.00000220. The average molecular weight is 312 g/mol. The molecule has 5 nitrogen and oxygen atoms in total. The van der Waals surface area contributed by atoms with Crippen LogP contribution < -0.4 is 16.4 Å². The van der Waals surface area contributed by atoms with Gasteiger partial charge in [-0.05, 0) is 44.4 Å². The number of hydrogen-bond donors (Lipinski definition) is 3. The monoisotopic (exact) mass is 311 g/mol. The van der Waals surface area contributed by atoms with Crippen LogP contribution in [0, 0.1) is 12.8 Å². The predicted octanol–water partition coefficient (Wildman–Crippen LogP) is 2.44. The molecule has 1 unspecified atom stereocenters. The highest BCUT2D eigenvalue weighted by Crippen LogP contribution is 2.30. The van der Waals surface area contributed by atoms with Gasteiger partial charge >= 0.3 is 0 Å². The first-order valence-electron chi connectivity index (χ1n) is 6.92. The number of anilines is 2. The van der Waals surface area contributed by atoms with Crippen molar-refractivity contribution < 1.29 is 9.59 Å². The van der Waals surface area contributed by atoms with Crippen LogP contribution in [-0.4, -0.2) is 17.9 Å². The standard InChI is InChI=1S/C15H21N3O2.ClH/c1-9-3-6-12(17-15(20)11-4-5-11)8-13(9)18-14(19)7-10(2)16;/h3,6,8,10-11H,4-5,7,16H2,1-2H3,(H,17,20)(H,18,19);1H. The zero-order valence-electron chi connectivity index (χ0n) is 12.3. The summed E-state index contributed by atoms with van der Waals surface area (Å²) in [5, 5.41) is 5.70. The minimum Gasteiger partial charge on any atom is -0.327 e. The van der Waals surface area contributed by atoms with Gasteiger partial charge in [-0.1, -0.05) is 6.07 Å². The Labute approximate surface area is 131 Å². The Hall–Kier alpha value is -1.59. The lowest BCUT2D eigenvalue weighted by atomic mass is 10.1. The number of amides is 2. The largest absolute Gasteiger partial charge is 0.327 e. The Kier molecular flexibility index (Phi) is 6.18. The first kappa shape index (κ1) is 17.5. The maximum absolute atomic E-state index is 11.7. The van der Waals surface area contributed by atoms with Gasteiger partial charge in [0.1, 0.15) is 0 Å². The number of carbonyl (C=O) groups is 2. The molecule has 1 atom stereocenters. The lowest BCUT2D eigenvalue weighted by Crippen LogP contribution is -2.24. The van der Waals surface area contributed by atoms with E-state index in [0.717, 1.165) is 18.4 Å². The van der Waals surface area contributed by atoms with Crippen molar-refractivity contribution in [3.8, 4) is 0 Å². The van der Waals surface area contributed by atoms with E-state index < -0.39 is 0 Å². The molecule has 2 rings (SSSR count). The second-order valence-corrected chi connectivity index (χ2v) is 5.52. The molecule has 1 aliphatic rings. The summed E-state index contributed by atoms with van der Waals surface area (Å²) in [5.74, 6) is 0.0999. The molecule has 0 saturated heterocycles. The number of nitrogens with two attached hydrogens (primary N) is 1. The summed E-state index contributed by atoms with van der Waals surface area (Å²) in [4.78, 5) is 23.5. The molecular formula is C15H22ClN3O2. The summed E-state index contributed by atoms with van der Waals surface area (Å²) in [5.41, 5.74) is 7.98. The summed E-state index contributed by atoms with van der Waals surface area (Å²) in [6.07, 6.45) is 2.21. The summed E-state index contributed by atoms with van der Waals surface area (Å²) in [6, 6.07) is 5.34. The van der Waals surface area contributed by atoms with Crippen LogP contribution in [0.1, 0.15) is 31.7 Å². The normalized spacial score (nSPS) is 14.8. The Morgan fingerprint density at radius 2 is 2.00 bits per heavy atom. The fourth-order valence-electron chi connectivity index (χ4n) is 1.92. The van der Waals surface area contributed by atoms with Gasteiger partial charge in [-0.25, -0.2) is 0 Å². The van der Waals surface area contributed by atoms with Gasteiger partial charge in [-0.15, -0.1) is 12.4 Å². The Morgan fingerprint density at radius 3 is 2.57 bits per heavy atom. The molecule has 0 spiro atoms. The highest BCUT2D eigenvalue weighted by Gasteiger charge is 2.29. The molecule has 1 aliphatic carbocycles. The average Bonchev–Trinajstić information content (AvgIpc) is 3.16. The molecule has 0 aliphatic heterocycles. The quantitative estimate of drug-likeness (QED) is 0.781. The van der Waals surface area contributed by atoms with Gasteiger partial charge in [0.25, 0.3) is 0 Å². The predicted molar refractivity (Wildman–Crippen MR) is 86.7 cm³/mol. The zero-order chi connectivity index (χ0) is 14.7. The molecule has 1 aromatic carbocycles. The molecule has 21 heavy (non-hydrogen) atoms. The van der Waals surface area contributed by atoms with E-state index in [2.05, 4.69) is 10.6 Å². The van der Waals surface area contributed by atoms with Gasteiger partial charge < -0.3 is 16.4 Å². The summed E-state index contributed by atoms with van der Waals surface area (Å²) < 4.78 is 0. The van der Waals surface area contributed by atoms with E-state index in [0.29, 0.717) is 11.4 Å². The van der Waals surface area contributed by atoms with Crippen LogP contribution in [0.2, 0.25) is 0 Å². The van der Waals surface area contributed by atoms with Gasteiger partial charge in [-0.3, -0.25) is 9.59 Å². The fourth-order valence-corrected chi connectivity index (χ4v) is 1.92. The second kappa shape index (κ2) is 7.43. The molecule has 4 N–H and O–H groups in total. The lowest BCUT2D eigenvalue weighted by molar-refractivity contribution is -0.117. The molecule has 0 bridgehead atoms. The number of aryl methyl sites for hydroxylation is 1. The van der Waals surface area contributed by atoms with Gasteiger partial charge in [0, 0.05) is 29.8 Å². The molecule has 116 valence electrons. The molecule has 1 fully saturated rings. The van der Waals surface area contributed by atoms with E-state index in [9.17, 15) is 9.59 Å². The van der Waals surface area contributed by atoms with Gasteiger partial charge in [0.2, 0.25) is 11.8 Å². The van der Waals surface area contributed by atoms with Crippen LogP contribution in [0.15, 0.2) is 18.2 Å². The highest BCUT2D eigenvalue weighted by atomic mass is 35.5. The molecular weight excluding hydrogens is 290 g/mol. The minimum absolute atomic E-state index is 0. The Bertz CT molecular complexity index is 528. The number of benzene rings is 1. The molecule has 0 aromatic heterocycles. The van der Waals surface area contributed by atoms with Crippen molar-refractivity contribution in [3.63, 3.8) is 0 Å². The zero-order valence-corrected chi connectivity index (χ0v) is 13.1. The number of nitrogens with one attached hydrogen (secondary N) is 2. The fraction of sp³-hybridized carbons (Fsp3) is 0.467. The van der Waals surface area contributed by atoms with E-state index in [1.54, 1.807) is 13.0 Å². The third-order valence-corrected chi connectivity index (χ3v) is 3.23. The minimum atomic E-state index is -0.173. The second-order valence-electron chi connectivity index (χ2n) is 5.52. The SMILES string of the molecule is Cc1ccc(NC(=O)C2CC2)cc1NC(=O)CC(C)N.Cl. The van der Waals surface area contributed by atoms with Crippen molar-refractivity contribution in [2.45, 2.75) is 39.2 Å². The maximum Gasteiger partial charge on any atom is 0.227 e. The number of halogens is 1. The van der Waals surface area contributed by atoms with Crippen molar-refractivity contribution in [2.75, 3.05) is 10.6 Å². The van der Waals surface area contributed by atoms with E-state index >= 15 is 0 Å². The first-order valence-corrected chi connectivity index (χ1v) is 6.92. The van der Waals surface area contributed by atoms with Gasteiger partial charge in [0.05, 0.1) is 0 Å². The van der Waals surface area contributed by atoms with Crippen LogP contribution in [-0.2, 0) is 9.59 Å². The molecule has 1 aromatic rings. The summed E-state index contributed by atoms with van der Waals surface area (Å²) in [6.45, 7) is 3.70. The summed E-state index contributed by atoms with van der Waals surface area (Å²) in [7, 11) is 0. The first-order chi connectivity index (χ1) is 9.45. The van der Waals surface area contributed by atoms with E-state index in [1.165, 1.54) is 0 Å². The topological polar surface area (TPSA) is 84.2 Å². The van der Waals surface area contributed by atoms with E-state index in [4.69, 9.17) is 5.73 Å². The van der Waals surface area contributed by atoms with E-state index in [1.807, 2.05) is 19.1 Å². The van der Waals surface area contributed by atoms with Crippen LogP contribution >= 0.6 is 12.4 Å². The molecule has 2 amide bonds. The maximum atomic E-state index is 11.7. The highest BCUT2D eigenvalue weighted by molar-refractivity contribution is 5.96. The van der Waals surface area contributed by atoms with Crippen LogP contribution in [0.5, 0.6) is 0 Å². The van der Waals surface area contributed by atoms with E-state index in [-0.39, 0.29) is 42.6 Å². The van der Waals surface area contributed by atoms with Crippen LogP contribution in [0.25, 0.3) is 0 Å². The summed E-state index contributed by atoms with van der Waals surface area (Å²) >= 11 is 0. The van der Waals surface area contributed by atoms with Crippen molar-refractivity contribution in [3.05, 3.63) is 23.8 Å². The number of rotatable bonds is 5. The smallest absolute Gasteiger partial charge is 0.227 e. The van der Waals surface area contributed by atoms with Crippen molar-refractivity contribution in [2.24, 2.45) is 11.7 Å². The third-order valence-electron chi connectivity index (χ3n) is 3.23. The van der Waals surface area contributed by atoms with Gasteiger partial charge in [0.15, 0.2) is 0 Å². The van der Waals surface area contributed by atoms with Crippen LogP contribution in [0.3, 0.4) is 0 Å². The third kappa shape index (κ3) is 5.36. The molecule has 6 heteroatoms. The molecule has 0 heterocycles. The molecule has 1 saturated carbocycles. The molecule has 0 radical (unpaired) electrons. The number of carbonyl (C=O) groups excluding carboxylic acids is 2. The van der Waals surface area contributed by atoms with Crippen molar-refractivity contribution >= 4 is 35.6 Å². The van der Waals surface area contributed by atoms with Gasteiger partial charge in [-0.2, -0.15) is 0 Å². The number of hydrogen-bond acceptors (Lipinski definition) is 3. The van der Waals surface area contributed by atoms with Crippen molar-refractivity contribution in [1.29, 1.82) is 0 Å². The lowest BCUT2D eigenvalue weighted by Gasteiger charge is -2.12. The van der Waals surface area contributed by atoms with Crippen LogP contribution in [0.4, 0.5) is 11.4 Å².